The van der Waals surface area contributed by atoms with Gasteiger partial charge in [0.2, 0.25) is 0 Å². The van der Waals surface area contributed by atoms with Gasteiger partial charge in [0.15, 0.2) is 0 Å². The molecule has 1 rings (SSSR count). The second kappa shape index (κ2) is 5.51. The van der Waals surface area contributed by atoms with E-state index in [1.54, 1.807) is 13.0 Å². The number of hydrogen-bond donors (Lipinski definition) is 1. The number of ether oxygens (including phenoxy) is 1. The Morgan fingerprint density at radius 1 is 1.62 bits per heavy atom. The number of esters is 1. The second-order valence-electron chi connectivity index (χ2n) is 3.55. The molecule has 0 aliphatic rings. The zero-order valence-electron chi connectivity index (χ0n) is 10.0. The van der Waals surface area contributed by atoms with Crippen molar-refractivity contribution in [1.82, 2.24) is 5.32 Å². The van der Waals surface area contributed by atoms with Gasteiger partial charge in [0.1, 0.15) is 17.1 Å². The summed E-state index contributed by atoms with van der Waals surface area (Å²) in [4.78, 5) is 11.3. The first-order valence-electron chi connectivity index (χ1n) is 5.12. The summed E-state index contributed by atoms with van der Waals surface area (Å²) >= 11 is 0. The normalized spacial score (nSPS) is 13.0. The number of likely N-dealkylation sites (N-methyl/N-ethyl adjacent to an activating group) is 1. The predicted octanol–water partition coefficient (Wildman–Crippen LogP) is 2.00. The Kier molecular flexibility index (Phi) is 4.31. The van der Waals surface area contributed by atoms with Gasteiger partial charge in [-0.25, -0.2) is 4.79 Å². The predicted molar refractivity (Wildman–Crippen MR) is 62.3 cm³/mol. The molecule has 1 unspecified atom stereocenters. The molecule has 16 heavy (non-hydrogen) atoms. The van der Waals surface area contributed by atoms with Crippen LogP contribution in [-0.2, 0) is 4.74 Å². The largest absolute Gasteiger partial charge is 0.465 e. The van der Waals surface area contributed by atoms with Crippen molar-refractivity contribution in [1.29, 1.82) is 0 Å². The maximum Gasteiger partial charge on any atom is 0.341 e. The van der Waals surface area contributed by atoms with Gasteiger partial charge >= 0.3 is 5.97 Å². The van der Waals surface area contributed by atoms with Crippen molar-refractivity contribution in [3.05, 3.63) is 29.2 Å². The van der Waals surface area contributed by atoms with Gasteiger partial charge in [-0.15, -0.1) is 0 Å². The van der Waals surface area contributed by atoms with E-state index >= 15 is 0 Å². The molecule has 0 amide bonds. The van der Waals surface area contributed by atoms with Gasteiger partial charge in [-0.05, 0) is 33.0 Å². The van der Waals surface area contributed by atoms with Gasteiger partial charge in [0.25, 0.3) is 0 Å². The Hall–Kier alpha value is -1.55. The molecular formula is C12H17NO3. The standard InChI is InChI=1S/C12H17NO3/c1-8(13-3)5-6-10-7-11(9(2)16-10)12(14)15-4/h5-8,13H,1-4H3/b6-5+. The third kappa shape index (κ3) is 2.97. The van der Waals surface area contributed by atoms with E-state index < -0.39 is 0 Å². The Morgan fingerprint density at radius 3 is 2.88 bits per heavy atom. The highest BCUT2D eigenvalue weighted by Crippen LogP contribution is 2.16. The maximum atomic E-state index is 11.3. The van der Waals surface area contributed by atoms with Crippen LogP contribution in [0, 0.1) is 6.92 Å². The van der Waals surface area contributed by atoms with E-state index in [0.717, 1.165) is 0 Å². The molecule has 0 bridgehead atoms. The Labute approximate surface area is 95.3 Å². The summed E-state index contributed by atoms with van der Waals surface area (Å²) in [7, 11) is 3.23. The van der Waals surface area contributed by atoms with E-state index in [-0.39, 0.29) is 12.0 Å². The minimum absolute atomic E-state index is 0.256. The fourth-order valence-corrected chi connectivity index (χ4v) is 1.24. The van der Waals surface area contributed by atoms with E-state index in [1.807, 2.05) is 26.1 Å². The lowest BCUT2D eigenvalue weighted by Gasteiger charge is -2.00. The molecule has 4 nitrogen and oxygen atoms in total. The lowest BCUT2D eigenvalue weighted by atomic mass is 10.2. The number of furan rings is 1. The van der Waals surface area contributed by atoms with Crippen LogP contribution in [0.25, 0.3) is 6.08 Å². The molecule has 0 saturated carbocycles. The van der Waals surface area contributed by atoms with Crippen LogP contribution in [-0.4, -0.2) is 26.2 Å². The van der Waals surface area contributed by atoms with E-state index in [2.05, 4.69) is 10.1 Å². The van der Waals surface area contributed by atoms with E-state index in [9.17, 15) is 4.79 Å². The maximum absolute atomic E-state index is 11.3. The topological polar surface area (TPSA) is 51.5 Å². The van der Waals surface area contributed by atoms with Crippen LogP contribution in [0.1, 0.15) is 28.8 Å². The molecule has 1 aromatic heterocycles. The van der Waals surface area contributed by atoms with Crippen molar-refractivity contribution in [3.8, 4) is 0 Å². The molecule has 4 heteroatoms. The molecular weight excluding hydrogens is 206 g/mol. The molecule has 0 fully saturated rings. The number of rotatable bonds is 4. The van der Waals surface area contributed by atoms with Gasteiger partial charge in [-0.2, -0.15) is 0 Å². The molecule has 0 aromatic carbocycles. The van der Waals surface area contributed by atoms with Gasteiger partial charge in [-0.1, -0.05) is 6.08 Å². The summed E-state index contributed by atoms with van der Waals surface area (Å²) in [6.07, 6.45) is 3.79. The fourth-order valence-electron chi connectivity index (χ4n) is 1.24. The zero-order valence-corrected chi connectivity index (χ0v) is 10.0. The summed E-state index contributed by atoms with van der Waals surface area (Å²) in [5, 5.41) is 3.07. The Morgan fingerprint density at radius 2 is 2.31 bits per heavy atom. The van der Waals surface area contributed by atoms with Crippen LogP contribution < -0.4 is 5.32 Å². The molecule has 1 atom stereocenters. The van der Waals surface area contributed by atoms with Crippen molar-refractivity contribution < 1.29 is 13.9 Å². The third-order valence-corrected chi connectivity index (χ3v) is 2.35. The highest BCUT2D eigenvalue weighted by molar-refractivity contribution is 5.90. The molecule has 1 N–H and O–H groups in total. The van der Waals surface area contributed by atoms with Crippen LogP contribution in [0.15, 0.2) is 16.6 Å². The quantitative estimate of drug-likeness (QED) is 0.793. The Bertz CT molecular complexity index is 393. The molecule has 0 spiro atoms. The summed E-state index contributed by atoms with van der Waals surface area (Å²) in [6.45, 7) is 3.76. The van der Waals surface area contributed by atoms with Gasteiger partial charge in [0, 0.05) is 6.04 Å². The number of hydrogen-bond acceptors (Lipinski definition) is 4. The van der Waals surface area contributed by atoms with E-state index in [0.29, 0.717) is 17.1 Å². The SMILES string of the molecule is CNC(C)/C=C/c1cc(C(=O)OC)c(C)o1. The Balaban J connectivity index is 2.85. The van der Waals surface area contributed by atoms with Gasteiger partial charge < -0.3 is 14.5 Å². The summed E-state index contributed by atoms with van der Waals surface area (Å²) in [5.41, 5.74) is 0.472. The number of aryl methyl sites for hydroxylation is 1. The van der Waals surface area contributed by atoms with Crippen molar-refractivity contribution in [2.24, 2.45) is 0 Å². The average Bonchev–Trinajstić information content (AvgIpc) is 2.66. The summed E-state index contributed by atoms with van der Waals surface area (Å²) < 4.78 is 10.1. The fraction of sp³-hybridized carbons (Fsp3) is 0.417. The van der Waals surface area contributed by atoms with Crippen molar-refractivity contribution in [2.45, 2.75) is 19.9 Å². The van der Waals surface area contributed by atoms with Crippen LogP contribution in [0.2, 0.25) is 0 Å². The van der Waals surface area contributed by atoms with E-state index in [1.165, 1.54) is 7.11 Å². The average molecular weight is 223 g/mol. The molecule has 0 aliphatic heterocycles. The molecule has 0 saturated heterocycles. The minimum Gasteiger partial charge on any atom is -0.465 e. The van der Waals surface area contributed by atoms with Crippen LogP contribution in [0.5, 0.6) is 0 Å². The molecule has 1 heterocycles. The first-order chi connectivity index (χ1) is 7.58. The van der Waals surface area contributed by atoms with Crippen molar-refractivity contribution in [2.75, 3.05) is 14.2 Å². The van der Waals surface area contributed by atoms with Gasteiger partial charge in [-0.3, -0.25) is 0 Å². The highest BCUT2D eigenvalue weighted by Gasteiger charge is 2.13. The summed E-state index contributed by atoms with van der Waals surface area (Å²) in [5.74, 6) is 0.853. The molecule has 88 valence electrons. The van der Waals surface area contributed by atoms with Gasteiger partial charge in [0.05, 0.1) is 7.11 Å². The molecule has 0 radical (unpaired) electrons. The first kappa shape index (κ1) is 12.5. The molecule has 0 aliphatic carbocycles. The van der Waals surface area contributed by atoms with Crippen molar-refractivity contribution in [3.63, 3.8) is 0 Å². The lowest BCUT2D eigenvalue weighted by Crippen LogP contribution is -2.17. The van der Waals surface area contributed by atoms with E-state index in [4.69, 9.17) is 4.42 Å². The summed E-state index contributed by atoms with van der Waals surface area (Å²) in [6, 6.07) is 1.94. The van der Waals surface area contributed by atoms with Crippen LogP contribution >= 0.6 is 0 Å². The number of carbonyl (C=O) groups is 1. The third-order valence-electron chi connectivity index (χ3n) is 2.35. The number of carbonyl (C=O) groups excluding carboxylic acids is 1. The minimum atomic E-state index is -0.373. The smallest absolute Gasteiger partial charge is 0.341 e. The number of methoxy groups -OCH3 is 1. The first-order valence-corrected chi connectivity index (χ1v) is 5.12. The molecule has 1 aromatic rings. The van der Waals surface area contributed by atoms with Crippen LogP contribution in [0.3, 0.4) is 0 Å². The van der Waals surface area contributed by atoms with Crippen LogP contribution in [0.4, 0.5) is 0 Å². The zero-order chi connectivity index (χ0) is 12.1. The monoisotopic (exact) mass is 223 g/mol. The second-order valence-corrected chi connectivity index (χ2v) is 3.55. The van der Waals surface area contributed by atoms with Crippen molar-refractivity contribution >= 4 is 12.0 Å². The number of nitrogens with one attached hydrogen (secondary N) is 1. The highest BCUT2D eigenvalue weighted by atomic mass is 16.5. The lowest BCUT2D eigenvalue weighted by molar-refractivity contribution is 0.0599.